The number of carbonyl (C=O) groups excluding carboxylic acids is 2. The number of halogens is 1. The summed E-state index contributed by atoms with van der Waals surface area (Å²) in [7, 11) is -2.28. The summed E-state index contributed by atoms with van der Waals surface area (Å²) in [5, 5.41) is 3.56. The molecule has 4 aromatic rings. The minimum Gasteiger partial charge on any atom is -0.497 e. The summed E-state index contributed by atoms with van der Waals surface area (Å²) in [5.74, 6) is -0.372. The van der Waals surface area contributed by atoms with E-state index in [-0.39, 0.29) is 15.5 Å². The molecule has 5 rings (SSSR count). The van der Waals surface area contributed by atoms with Gasteiger partial charge in [-0.25, -0.2) is 13.3 Å². The van der Waals surface area contributed by atoms with Gasteiger partial charge in [0.1, 0.15) is 16.4 Å². The maximum absolute atomic E-state index is 13.6. The van der Waals surface area contributed by atoms with Crippen LogP contribution in [0.4, 0.5) is 17.1 Å². The van der Waals surface area contributed by atoms with Crippen molar-refractivity contribution in [3.8, 4) is 5.75 Å². The fraction of sp³-hybridized carbons (Fsp3) is 0.0667. The minimum atomic E-state index is -3.82. The molecule has 0 bridgehead atoms. The highest BCUT2D eigenvalue weighted by Crippen LogP contribution is 2.38. The molecule has 1 heterocycles. The zero-order valence-electron chi connectivity index (χ0n) is 21.9. The van der Waals surface area contributed by atoms with E-state index in [0.29, 0.717) is 32.7 Å². The van der Waals surface area contributed by atoms with Crippen molar-refractivity contribution in [1.82, 2.24) is 0 Å². The lowest BCUT2D eigenvalue weighted by Gasteiger charge is -2.15. The number of rotatable bonds is 9. The molecule has 0 atom stereocenters. The number of hydrogen-bond acceptors (Lipinski definition) is 7. The molecule has 0 aromatic heterocycles. The number of imide groups is 1. The molecule has 0 radical (unpaired) electrons. The smallest absolute Gasteiger partial charge is 0.283 e. The van der Waals surface area contributed by atoms with Crippen LogP contribution in [0.2, 0.25) is 5.02 Å². The fourth-order valence-corrected chi connectivity index (χ4v) is 6.11. The number of benzene rings is 4. The van der Waals surface area contributed by atoms with Crippen LogP contribution in [0.3, 0.4) is 0 Å². The molecule has 1 aliphatic rings. The maximum Gasteiger partial charge on any atom is 0.283 e. The Hall–Kier alpha value is -4.25. The van der Waals surface area contributed by atoms with E-state index in [4.69, 9.17) is 16.3 Å². The number of hydrogen-bond donors (Lipinski definition) is 2. The van der Waals surface area contributed by atoms with Crippen LogP contribution in [0.15, 0.2) is 117 Å². The van der Waals surface area contributed by atoms with E-state index in [1.807, 2.05) is 31.2 Å². The van der Waals surface area contributed by atoms with Crippen LogP contribution in [-0.2, 0) is 19.6 Å². The van der Waals surface area contributed by atoms with E-state index < -0.39 is 21.8 Å². The molecule has 1 aliphatic heterocycles. The zero-order chi connectivity index (χ0) is 29.1. The van der Waals surface area contributed by atoms with Crippen LogP contribution in [0.25, 0.3) is 0 Å². The van der Waals surface area contributed by atoms with Gasteiger partial charge in [0, 0.05) is 21.3 Å². The number of anilines is 3. The monoisotopic (exact) mass is 605 g/mol. The molecule has 8 nitrogen and oxygen atoms in total. The highest BCUT2D eigenvalue weighted by atomic mass is 35.5. The molecule has 0 saturated heterocycles. The van der Waals surface area contributed by atoms with Gasteiger partial charge in [0.15, 0.2) is 0 Å². The average Bonchev–Trinajstić information content (AvgIpc) is 3.19. The molecular weight excluding hydrogens is 582 g/mol. The first-order valence-corrected chi connectivity index (χ1v) is 15.0. The van der Waals surface area contributed by atoms with Gasteiger partial charge in [0.25, 0.3) is 21.8 Å². The molecule has 0 spiro atoms. The molecule has 11 heteroatoms. The second-order valence-corrected chi connectivity index (χ2v) is 12.2. The van der Waals surface area contributed by atoms with Crippen molar-refractivity contribution < 1.29 is 22.7 Å². The Morgan fingerprint density at radius 2 is 1.39 bits per heavy atom. The lowest BCUT2D eigenvalue weighted by Crippen LogP contribution is -2.32. The van der Waals surface area contributed by atoms with E-state index in [9.17, 15) is 18.0 Å². The fourth-order valence-electron chi connectivity index (χ4n) is 4.00. The molecule has 41 heavy (non-hydrogen) atoms. The average molecular weight is 606 g/mol. The van der Waals surface area contributed by atoms with Crippen molar-refractivity contribution in [3.05, 3.63) is 118 Å². The van der Waals surface area contributed by atoms with Crippen LogP contribution in [0, 0.1) is 6.92 Å². The van der Waals surface area contributed by atoms with Crippen molar-refractivity contribution >= 4 is 62.3 Å². The van der Waals surface area contributed by atoms with Gasteiger partial charge >= 0.3 is 0 Å². The summed E-state index contributed by atoms with van der Waals surface area (Å²) < 4.78 is 33.2. The van der Waals surface area contributed by atoms with Crippen molar-refractivity contribution in [2.45, 2.75) is 16.7 Å². The Morgan fingerprint density at radius 3 is 2.00 bits per heavy atom. The number of nitrogens with one attached hydrogen (secondary N) is 2. The van der Waals surface area contributed by atoms with E-state index in [1.54, 1.807) is 48.5 Å². The quantitative estimate of drug-likeness (QED) is 0.211. The SMILES string of the molecule is COc1ccc(N2C(=O)C(Nc3ccc(C)cc3)=C(Sc3ccc(NS(=O)(=O)c4ccc(Cl)cc4)cc3)C2=O)cc1. The minimum absolute atomic E-state index is 0.0750. The summed E-state index contributed by atoms with van der Waals surface area (Å²) in [5.41, 5.74) is 2.61. The maximum atomic E-state index is 13.6. The third-order valence-electron chi connectivity index (χ3n) is 6.14. The third kappa shape index (κ3) is 6.25. The van der Waals surface area contributed by atoms with Gasteiger partial charge in [-0.3, -0.25) is 14.3 Å². The zero-order valence-corrected chi connectivity index (χ0v) is 24.3. The first-order chi connectivity index (χ1) is 19.6. The molecule has 0 fully saturated rings. The Bertz CT molecular complexity index is 1740. The van der Waals surface area contributed by atoms with Crippen LogP contribution in [0.5, 0.6) is 5.75 Å². The van der Waals surface area contributed by atoms with Crippen molar-refractivity contribution in [2.75, 3.05) is 22.0 Å². The summed E-state index contributed by atoms with van der Waals surface area (Å²) in [4.78, 5) is 29.2. The van der Waals surface area contributed by atoms with Gasteiger partial charge in [-0.1, -0.05) is 41.1 Å². The van der Waals surface area contributed by atoms with Crippen LogP contribution in [-0.4, -0.2) is 27.3 Å². The lowest BCUT2D eigenvalue weighted by molar-refractivity contribution is -0.120. The first-order valence-electron chi connectivity index (χ1n) is 12.3. The largest absolute Gasteiger partial charge is 0.497 e. The number of aryl methyl sites for hydroxylation is 1. The van der Waals surface area contributed by atoms with Crippen molar-refractivity contribution in [1.29, 1.82) is 0 Å². The summed E-state index contributed by atoms with van der Waals surface area (Å²) >= 11 is 6.98. The van der Waals surface area contributed by atoms with E-state index in [0.717, 1.165) is 22.2 Å². The number of carbonyl (C=O) groups is 2. The van der Waals surface area contributed by atoms with Gasteiger partial charge in [-0.05, 0) is 91.9 Å². The number of nitrogens with zero attached hydrogens (tertiary/aromatic N) is 1. The van der Waals surface area contributed by atoms with Gasteiger partial charge < -0.3 is 10.1 Å². The van der Waals surface area contributed by atoms with Gasteiger partial charge in [-0.15, -0.1) is 0 Å². The van der Waals surface area contributed by atoms with Crippen molar-refractivity contribution in [3.63, 3.8) is 0 Å². The Kier molecular flexibility index (Phi) is 8.07. The Morgan fingerprint density at radius 1 is 0.780 bits per heavy atom. The molecular formula is C30H24ClN3O5S2. The summed E-state index contributed by atoms with van der Waals surface area (Å²) in [6, 6.07) is 26.5. The van der Waals surface area contributed by atoms with Gasteiger partial charge in [0.05, 0.1) is 17.7 Å². The third-order valence-corrected chi connectivity index (χ3v) is 8.88. The number of sulfonamides is 1. The second-order valence-electron chi connectivity index (χ2n) is 9.02. The molecule has 208 valence electrons. The van der Waals surface area contributed by atoms with E-state index >= 15 is 0 Å². The standard InChI is InChI=1S/C30H24ClN3O5S2/c1-19-3-7-21(8-4-19)32-27-28(30(36)34(29(27)35)23-11-13-24(39-2)14-12-23)40-25-15-9-22(10-16-25)33-41(37,38)26-17-5-20(31)6-18-26/h3-18,32-33H,1-2H3. The van der Waals surface area contributed by atoms with Gasteiger partial charge in [0.2, 0.25) is 0 Å². The molecule has 0 unspecified atom stereocenters. The predicted molar refractivity (Wildman–Crippen MR) is 162 cm³/mol. The van der Waals surface area contributed by atoms with Crippen LogP contribution in [0.1, 0.15) is 5.56 Å². The molecule has 0 aliphatic carbocycles. The number of thioether (sulfide) groups is 1. The normalized spacial score (nSPS) is 13.5. The Balaban J connectivity index is 1.42. The first kappa shape index (κ1) is 28.3. The van der Waals surface area contributed by atoms with Gasteiger partial charge in [-0.2, -0.15) is 0 Å². The van der Waals surface area contributed by atoms with E-state index in [1.165, 1.54) is 31.4 Å². The lowest BCUT2D eigenvalue weighted by atomic mass is 10.2. The molecule has 2 N–H and O–H groups in total. The highest BCUT2D eigenvalue weighted by molar-refractivity contribution is 8.04. The Labute approximate surface area is 247 Å². The van der Waals surface area contributed by atoms with Crippen molar-refractivity contribution in [2.24, 2.45) is 0 Å². The predicted octanol–water partition coefficient (Wildman–Crippen LogP) is 6.45. The topological polar surface area (TPSA) is 105 Å². The summed E-state index contributed by atoms with van der Waals surface area (Å²) in [6.07, 6.45) is 0. The number of amides is 2. The molecule has 0 saturated carbocycles. The highest BCUT2D eigenvalue weighted by Gasteiger charge is 2.40. The van der Waals surface area contributed by atoms with E-state index in [2.05, 4.69) is 10.0 Å². The summed E-state index contributed by atoms with van der Waals surface area (Å²) in [6.45, 7) is 1.96. The number of ether oxygens (including phenoxy) is 1. The molecule has 2 amide bonds. The van der Waals surface area contributed by atoms with Crippen LogP contribution < -0.4 is 19.7 Å². The number of methoxy groups -OCH3 is 1. The molecule has 4 aromatic carbocycles. The van der Waals surface area contributed by atoms with Crippen LogP contribution >= 0.6 is 23.4 Å². The second kappa shape index (κ2) is 11.7.